The predicted octanol–water partition coefficient (Wildman–Crippen LogP) is 3.87. The molecule has 0 aliphatic carbocycles. The van der Waals surface area contributed by atoms with Crippen LogP contribution in [0.2, 0.25) is 0 Å². The monoisotopic (exact) mass is 396 g/mol. The number of methoxy groups -OCH3 is 1. The van der Waals surface area contributed by atoms with Gasteiger partial charge in [-0.3, -0.25) is 9.69 Å². The zero-order valence-electron chi connectivity index (χ0n) is 17.6. The fraction of sp³-hybridized carbons (Fsp3) is 0.458. The molecular formula is C24H32N2O3. The number of carbonyl (C=O) groups excluding carboxylic acids is 1. The van der Waals surface area contributed by atoms with Crippen LogP contribution in [0, 0.1) is 0 Å². The predicted molar refractivity (Wildman–Crippen MR) is 116 cm³/mol. The van der Waals surface area contributed by atoms with Crippen LogP contribution in [-0.2, 0) is 6.54 Å². The lowest BCUT2D eigenvalue weighted by Gasteiger charge is -2.34. The third kappa shape index (κ3) is 6.58. The van der Waals surface area contributed by atoms with Gasteiger partial charge in [0.05, 0.1) is 13.7 Å². The standard InChI is InChI=1S/C24H32N2O3/c1-20(27)22-10-11-23(24(18-22)28-2)29-17-7-6-12-25-13-15-26(16-14-25)19-21-8-4-3-5-9-21/h3-5,8-11,18H,6-7,12-17,19H2,1-2H3. The first kappa shape index (κ1) is 21.3. The number of piperazine rings is 1. The number of hydrogen-bond acceptors (Lipinski definition) is 5. The molecule has 0 spiro atoms. The highest BCUT2D eigenvalue weighted by atomic mass is 16.5. The number of carbonyl (C=O) groups is 1. The summed E-state index contributed by atoms with van der Waals surface area (Å²) in [5.41, 5.74) is 2.03. The minimum Gasteiger partial charge on any atom is -0.493 e. The molecule has 156 valence electrons. The summed E-state index contributed by atoms with van der Waals surface area (Å²) in [4.78, 5) is 16.6. The molecule has 1 saturated heterocycles. The minimum atomic E-state index is 0.0266. The van der Waals surface area contributed by atoms with Crippen molar-refractivity contribution in [3.63, 3.8) is 0 Å². The van der Waals surface area contributed by atoms with Crippen molar-refractivity contribution in [1.29, 1.82) is 0 Å². The molecule has 1 aliphatic heterocycles. The lowest BCUT2D eigenvalue weighted by Crippen LogP contribution is -2.46. The van der Waals surface area contributed by atoms with E-state index in [1.54, 1.807) is 26.2 Å². The molecule has 0 atom stereocenters. The Morgan fingerprint density at radius 1 is 0.931 bits per heavy atom. The van der Waals surface area contributed by atoms with E-state index >= 15 is 0 Å². The number of benzene rings is 2. The van der Waals surface area contributed by atoms with Crippen molar-refractivity contribution in [2.75, 3.05) is 46.4 Å². The van der Waals surface area contributed by atoms with Crippen molar-refractivity contribution >= 4 is 5.78 Å². The Morgan fingerprint density at radius 2 is 1.66 bits per heavy atom. The normalized spacial score (nSPS) is 15.2. The van der Waals surface area contributed by atoms with Gasteiger partial charge in [-0.1, -0.05) is 30.3 Å². The van der Waals surface area contributed by atoms with E-state index < -0.39 is 0 Å². The highest BCUT2D eigenvalue weighted by molar-refractivity contribution is 5.94. The maximum atomic E-state index is 11.5. The molecule has 0 saturated carbocycles. The van der Waals surface area contributed by atoms with E-state index in [4.69, 9.17) is 9.47 Å². The number of nitrogens with zero attached hydrogens (tertiary/aromatic N) is 2. The van der Waals surface area contributed by atoms with Gasteiger partial charge in [0, 0.05) is 38.3 Å². The van der Waals surface area contributed by atoms with Gasteiger partial charge in [0.15, 0.2) is 17.3 Å². The number of unbranched alkanes of at least 4 members (excludes halogenated alkanes) is 1. The number of ketones is 1. The molecule has 5 nitrogen and oxygen atoms in total. The van der Waals surface area contributed by atoms with E-state index in [1.165, 1.54) is 5.56 Å². The molecule has 0 radical (unpaired) electrons. The highest BCUT2D eigenvalue weighted by Crippen LogP contribution is 2.28. The van der Waals surface area contributed by atoms with Crippen LogP contribution in [0.5, 0.6) is 11.5 Å². The first-order chi connectivity index (χ1) is 14.2. The molecule has 29 heavy (non-hydrogen) atoms. The second-order valence-corrected chi connectivity index (χ2v) is 7.58. The van der Waals surface area contributed by atoms with Gasteiger partial charge in [-0.15, -0.1) is 0 Å². The van der Waals surface area contributed by atoms with E-state index in [2.05, 4.69) is 40.1 Å². The number of Topliss-reactive ketones (excluding diaryl/α,β-unsaturated/α-hetero) is 1. The lowest BCUT2D eigenvalue weighted by atomic mass is 10.1. The average Bonchev–Trinajstić information content (AvgIpc) is 2.75. The third-order valence-corrected chi connectivity index (χ3v) is 5.41. The Kier molecular flexibility index (Phi) is 8.08. The van der Waals surface area contributed by atoms with Crippen LogP contribution in [0.1, 0.15) is 35.7 Å². The maximum absolute atomic E-state index is 11.5. The third-order valence-electron chi connectivity index (χ3n) is 5.41. The molecule has 5 heteroatoms. The van der Waals surface area contributed by atoms with Crippen molar-refractivity contribution in [2.45, 2.75) is 26.3 Å². The van der Waals surface area contributed by atoms with Gasteiger partial charge in [0.1, 0.15) is 0 Å². The summed E-state index contributed by atoms with van der Waals surface area (Å²) in [7, 11) is 1.60. The largest absolute Gasteiger partial charge is 0.493 e. The van der Waals surface area contributed by atoms with Gasteiger partial charge in [0.2, 0.25) is 0 Å². The molecule has 0 amide bonds. The smallest absolute Gasteiger partial charge is 0.161 e. The molecule has 0 aromatic heterocycles. The summed E-state index contributed by atoms with van der Waals surface area (Å²) in [6, 6.07) is 16.1. The van der Waals surface area contributed by atoms with Crippen LogP contribution in [-0.4, -0.2) is 62.0 Å². The zero-order chi connectivity index (χ0) is 20.5. The van der Waals surface area contributed by atoms with Gasteiger partial charge in [-0.25, -0.2) is 0 Å². The van der Waals surface area contributed by atoms with E-state index in [-0.39, 0.29) is 5.78 Å². The first-order valence-electron chi connectivity index (χ1n) is 10.5. The van der Waals surface area contributed by atoms with Crippen LogP contribution >= 0.6 is 0 Å². The van der Waals surface area contributed by atoms with E-state index in [0.29, 0.717) is 23.7 Å². The molecular weight excluding hydrogens is 364 g/mol. The van der Waals surface area contributed by atoms with E-state index in [1.807, 2.05) is 6.07 Å². The number of rotatable bonds is 10. The average molecular weight is 397 g/mol. The SMILES string of the molecule is COc1cc(C(C)=O)ccc1OCCCCN1CCN(Cc2ccccc2)CC1. The Labute approximate surface area is 174 Å². The van der Waals surface area contributed by atoms with Gasteiger partial charge < -0.3 is 14.4 Å². The topological polar surface area (TPSA) is 42.0 Å². The molecule has 3 rings (SSSR count). The van der Waals surface area contributed by atoms with Crippen LogP contribution in [0.4, 0.5) is 0 Å². The Balaban J connectivity index is 1.32. The van der Waals surface area contributed by atoms with Crippen LogP contribution in [0.25, 0.3) is 0 Å². The zero-order valence-corrected chi connectivity index (χ0v) is 17.6. The quantitative estimate of drug-likeness (QED) is 0.450. The fourth-order valence-electron chi connectivity index (χ4n) is 3.64. The summed E-state index contributed by atoms with van der Waals surface area (Å²) >= 11 is 0. The second-order valence-electron chi connectivity index (χ2n) is 7.58. The van der Waals surface area contributed by atoms with Crippen molar-refractivity contribution in [2.24, 2.45) is 0 Å². The molecule has 0 N–H and O–H groups in total. The van der Waals surface area contributed by atoms with Crippen LogP contribution in [0.15, 0.2) is 48.5 Å². The van der Waals surface area contributed by atoms with Crippen molar-refractivity contribution in [3.05, 3.63) is 59.7 Å². The van der Waals surface area contributed by atoms with Crippen LogP contribution < -0.4 is 9.47 Å². The number of hydrogen-bond donors (Lipinski definition) is 0. The van der Waals surface area contributed by atoms with Crippen molar-refractivity contribution in [1.82, 2.24) is 9.80 Å². The van der Waals surface area contributed by atoms with Gasteiger partial charge in [-0.2, -0.15) is 0 Å². The molecule has 2 aromatic carbocycles. The molecule has 0 unspecified atom stereocenters. The van der Waals surface area contributed by atoms with Crippen LogP contribution in [0.3, 0.4) is 0 Å². The molecule has 1 heterocycles. The van der Waals surface area contributed by atoms with E-state index in [9.17, 15) is 4.79 Å². The summed E-state index contributed by atoms with van der Waals surface area (Å²) in [5, 5.41) is 0. The summed E-state index contributed by atoms with van der Waals surface area (Å²) in [6.45, 7) is 8.90. The van der Waals surface area contributed by atoms with E-state index in [0.717, 1.165) is 52.1 Å². The van der Waals surface area contributed by atoms with Crippen molar-refractivity contribution in [3.8, 4) is 11.5 Å². The van der Waals surface area contributed by atoms with Gasteiger partial charge in [0.25, 0.3) is 0 Å². The molecule has 2 aromatic rings. The maximum Gasteiger partial charge on any atom is 0.161 e. The first-order valence-corrected chi connectivity index (χ1v) is 10.5. The summed E-state index contributed by atoms with van der Waals surface area (Å²) in [6.07, 6.45) is 2.12. The van der Waals surface area contributed by atoms with Gasteiger partial charge >= 0.3 is 0 Å². The fourth-order valence-corrected chi connectivity index (χ4v) is 3.64. The minimum absolute atomic E-state index is 0.0266. The summed E-state index contributed by atoms with van der Waals surface area (Å²) < 4.78 is 11.2. The highest BCUT2D eigenvalue weighted by Gasteiger charge is 2.16. The molecule has 0 bridgehead atoms. The van der Waals surface area contributed by atoms with Gasteiger partial charge in [-0.05, 0) is 50.1 Å². The Hall–Kier alpha value is -2.37. The second kappa shape index (κ2) is 11.0. The number of ether oxygens (including phenoxy) is 2. The lowest BCUT2D eigenvalue weighted by molar-refractivity contribution is 0.101. The van der Waals surface area contributed by atoms with Crippen molar-refractivity contribution < 1.29 is 14.3 Å². The molecule has 1 fully saturated rings. The molecule has 1 aliphatic rings. The Bertz CT molecular complexity index is 771. The summed E-state index contributed by atoms with van der Waals surface area (Å²) in [5.74, 6) is 1.35. The Morgan fingerprint density at radius 3 is 2.34 bits per heavy atom.